The molecule has 2 heterocycles. The molecule has 7 heteroatoms. The summed E-state index contributed by atoms with van der Waals surface area (Å²) in [6.45, 7) is 6.52. The second-order valence-electron chi connectivity index (χ2n) is 5.58. The fourth-order valence-corrected chi connectivity index (χ4v) is 2.66. The molecule has 0 unspecified atom stereocenters. The molecule has 0 aliphatic rings. The summed E-state index contributed by atoms with van der Waals surface area (Å²) in [6, 6.07) is 11.8. The first-order valence-corrected chi connectivity index (χ1v) is 8.69. The van der Waals surface area contributed by atoms with Crippen molar-refractivity contribution in [2.24, 2.45) is 0 Å². The van der Waals surface area contributed by atoms with Gasteiger partial charge >= 0.3 is 0 Å². The molecule has 0 aliphatic carbocycles. The van der Waals surface area contributed by atoms with Crippen LogP contribution < -0.4 is 10.2 Å². The molecule has 1 aromatic carbocycles. The van der Waals surface area contributed by atoms with Gasteiger partial charge in [-0.1, -0.05) is 23.7 Å². The van der Waals surface area contributed by atoms with Crippen molar-refractivity contribution in [3.8, 4) is 11.4 Å². The Bertz CT molecular complexity index is 814. The second-order valence-corrected chi connectivity index (χ2v) is 6.02. The highest BCUT2D eigenvalue weighted by molar-refractivity contribution is 6.30. The minimum atomic E-state index is 0.601. The number of H-pyrrole nitrogens is 1. The van der Waals surface area contributed by atoms with Crippen molar-refractivity contribution in [1.82, 2.24) is 20.2 Å². The van der Waals surface area contributed by atoms with Gasteiger partial charge in [0.15, 0.2) is 5.82 Å². The molecule has 0 aliphatic heterocycles. The molecule has 2 aromatic heterocycles. The molecule has 0 bridgehead atoms. The van der Waals surface area contributed by atoms with Gasteiger partial charge in [0.2, 0.25) is 5.95 Å². The summed E-state index contributed by atoms with van der Waals surface area (Å²) >= 11 is 5.96. The summed E-state index contributed by atoms with van der Waals surface area (Å²) in [5.41, 5.74) is 2.14. The SMILES string of the molecule is CCNc1n[nH]c(-c2ccnc(N(CC)Cc3ccc(Cl)cc3)c2)n1. The zero-order valence-corrected chi connectivity index (χ0v) is 15.1. The summed E-state index contributed by atoms with van der Waals surface area (Å²) < 4.78 is 0. The fourth-order valence-electron chi connectivity index (χ4n) is 2.53. The number of anilines is 2. The van der Waals surface area contributed by atoms with E-state index in [2.05, 4.69) is 37.3 Å². The summed E-state index contributed by atoms with van der Waals surface area (Å²) in [4.78, 5) is 11.2. The fraction of sp³-hybridized carbons (Fsp3) is 0.278. The van der Waals surface area contributed by atoms with Crippen molar-refractivity contribution in [2.45, 2.75) is 20.4 Å². The zero-order chi connectivity index (χ0) is 17.6. The van der Waals surface area contributed by atoms with Crippen LogP contribution in [-0.2, 0) is 6.54 Å². The van der Waals surface area contributed by atoms with Gasteiger partial charge in [-0.3, -0.25) is 5.10 Å². The van der Waals surface area contributed by atoms with Crippen LogP contribution in [0, 0.1) is 0 Å². The van der Waals surface area contributed by atoms with E-state index in [1.165, 1.54) is 5.56 Å². The summed E-state index contributed by atoms with van der Waals surface area (Å²) in [7, 11) is 0. The lowest BCUT2D eigenvalue weighted by molar-refractivity contribution is 0.814. The number of nitrogens with zero attached hydrogens (tertiary/aromatic N) is 4. The number of hydrogen-bond donors (Lipinski definition) is 2. The largest absolute Gasteiger partial charge is 0.353 e. The standard InChI is InChI=1S/C18H21ClN6/c1-3-20-18-22-17(23-24-18)14-9-10-21-16(11-14)25(4-2)12-13-5-7-15(19)8-6-13/h5-11H,3-4,12H2,1-2H3,(H2,20,22,23,24). The molecular weight excluding hydrogens is 336 g/mol. The van der Waals surface area contributed by atoms with Gasteiger partial charge in [-0.15, -0.1) is 5.10 Å². The highest BCUT2D eigenvalue weighted by atomic mass is 35.5. The van der Waals surface area contributed by atoms with Crippen LogP contribution in [0.15, 0.2) is 42.6 Å². The third kappa shape index (κ3) is 4.28. The quantitative estimate of drug-likeness (QED) is 0.670. The predicted molar refractivity (Wildman–Crippen MR) is 102 cm³/mol. The Kier molecular flexibility index (Phi) is 5.50. The van der Waals surface area contributed by atoms with E-state index >= 15 is 0 Å². The monoisotopic (exact) mass is 356 g/mol. The molecule has 25 heavy (non-hydrogen) atoms. The molecule has 130 valence electrons. The van der Waals surface area contributed by atoms with Crippen molar-refractivity contribution >= 4 is 23.4 Å². The summed E-state index contributed by atoms with van der Waals surface area (Å²) in [5.74, 6) is 2.22. The number of benzene rings is 1. The maximum atomic E-state index is 5.96. The van der Waals surface area contributed by atoms with E-state index in [-0.39, 0.29) is 0 Å². The molecule has 0 amide bonds. The molecule has 0 saturated heterocycles. The number of hydrogen-bond acceptors (Lipinski definition) is 5. The van der Waals surface area contributed by atoms with Crippen LogP contribution in [0.3, 0.4) is 0 Å². The highest BCUT2D eigenvalue weighted by Crippen LogP contribution is 2.22. The first-order valence-electron chi connectivity index (χ1n) is 8.31. The van der Waals surface area contributed by atoms with Crippen LogP contribution in [0.5, 0.6) is 0 Å². The van der Waals surface area contributed by atoms with Crippen molar-refractivity contribution in [3.63, 3.8) is 0 Å². The lowest BCUT2D eigenvalue weighted by atomic mass is 10.2. The van der Waals surface area contributed by atoms with Gasteiger partial charge in [0, 0.05) is 36.4 Å². The van der Waals surface area contributed by atoms with Gasteiger partial charge in [-0.05, 0) is 43.7 Å². The van der Waals surface area contributed by atoms with E-state index in [0.29, 0.717) is 5.95 Å². The van der Waals surface area contributed by atoms with Crippen molar-refractivity contribution in [1.29, 1.82) is 0 Å². The number of halogens is 1. The molecule has 0 spiro atoms. The first kappa shape index (κ1) is 17.2. The molecule has 2 N–H and O–H groups in total. The zero-order valence-electron chi connectivity index (χ0n) is 14.3. The minimum absolute atomic E-state index is 0.601. The average molecular weight is 357 g/mol. The molecule has 0 radical (unpaired) electrons. The second kappa shape index (κ2) is 7.98. The third-order valence-electron chi connectivity index (χ3n) is 3.83. The van der Waals surface area contributed by atoms with Crippen LogP contribution in [0.25, 0.3) is 11.4 Å². The van der Waals surface area contributed by atoms with Crippen LogP contribution in [0.4, 0.5) is 11.8 Å². The van der Waals surface area contributed by atoms with Crippen molar-refractivity contribution < 1.29 is 0 Å². The van der Waals surface area contributed by atoms with Gasteiger partial charge in [-0.2, -0.15) is 4.98 Å². The Balaban J connectivity index is 1.81. The molecule has 3 aromatic rings. The molecule has 6 nitrogen and oxygen atoms in total. The van der Waals surface area contributed by atoms with Crippen LogP contribution in [0.2, 0.25) is 5.02 Å². The minimum Gasteiger partial charge on any atom is -0.353 e. The smallest absolute Gasteiger partial charge is 0.242 e. The van der Waals surface area contributed by atoms with E-state index < -0.39 is 0 Å². The molecule has 0 fully saturated rings. The summed E-state index contributed by atoms with van der Waals surface area (Å²) in [5, 5.41) is 11.0. The van der Waals surface area contributed by atoms with Gasteiger partial charge in [-0.25, -0.2) is 4.98 Å². The van der Waals surface area contributed by atoms with E-state index in [0.717, 1.165) is 41.9 Å². The van der Waals surface area contributed by atoms with Gasteiger partial charge < -0.3 is 10.2 Å². The Labute approximate surface area is 152 Å². The molecular formula is C18H21ClN6. The van der Waals surface area contributed by atoms with Crippen LogP contribution in [-0.4, -0.2) is 33.3 Å². The number of rotatable bonds is 7. The first-order chi connectivity index (χ1) is 12.2. The van der Waals surface area contributed by atoms with Gasteiger partial charge in [0.05, 0.1) is 0 Å². The van der Waals surface area contributed by atoms with Crippen molar-refractivity contribution in [3.05, 3.63) is 53.2 Å². The van der Waals surface area contributed by atoms with E-state index in [1.54, 1.807) is 6.20 Å². The van der Waals surface area contributed by atoms with E-state index in [4.69, 9.17) is 11.6 Å². The summed E-state index contributed by atoms with van der Waals surface area (Å²) in [6.07, 6.45) is 1.80. The molecule has 3 rings (SSSR count). The average Bonchev–Trinajstić information content (AvgIpc) is 3.10. The van der Waals surface area contributed by atoms with Crippen molar-refractivity contribution in [2.75, 3.05) is 23.3 Å². The topological polar surface area (TPSA) is 69.7 Å². The normalized spacial score (nSPS) is 10.7. The van der Waals surface area contributed by atoms with Gasteiger partial charge in [0.1, 0.15) is 5.82 Å². The van der Waals surface area contributed by atoms with E-state index in [1.807, 2.05) is 43.3 Å². The van der Waals surface area contributed by atoms with Crippen LogP contribution in [0.1, 0.15) is 19.4 Å². The maximum Gasteiger partial charge on any atom is 0.242 e. The Morgan fingerprint density at radius 3 is 2.68 bits per heavy atom. The Morgan fingerprint density at radius 1 is 1.16 bits per heavy atom. The third-order valence-corrected chi connectivity index (χ3v) is 4.08. The Hall–Kier alpha value is -2.60. The Morgan fingerprint density at radius 2 is 1.96 bits per heavy atom. The lowest BCUT2D eigenvalue weighted by Crippen LogP contribution is -2.23. The number of aromatic nitrogens is 4. The maximum absolute atomic E-state index is 5.96. The highest BCUT2D eigenvalue weighted by Gasteiger charge is 2.11. The van der Waals surface area contributed by atoms with Gasteiger partial charge in [0.25, 0.3) is 0 Å². The molecule has 0 saturated carbocycles. The number of nitrogens with one attached hydrogen (secondary N) is 2. The predicted octanol–water partition coefficient (Wildman–Crippen LogP) is 3.98. The lowest BCUT2D eigenvalue weighted by Gasteiger charge is -2.22. The number of aromatic amines is 1. The molecule has 0 atom stereocenters. The van der Waals surface area contributed by atoms with Crippen LogP contribution >= 0.6 is 11.6 Å². The number of pyridine rings is 1. The van der Waals surface area contributed by atoms with E-state index in [9.17, 15) is 0 Å².